The molecule has 0 aliphatic heterocycles. The number of nitrogens with zero attached hydrogens (tertiary/aromatic N) is 1. The Labute approximate surface area is 184 Å². The molecule has 1 atom stereocenters. The van der Waals surface area contributed by atoms with Crippen LogP contribution in [0.4, 0.5) is 0 Å². The zero-order valence-electron chi connectivity index (χ0n) is 19.3. The van der Waals surface area contributed by atoms with Gasteiger partial charge in [0.05, 0.1) is 17.5 Å². The minimum atomic E-state index is -3.90. The first-order valence-electron chi connectivity index (χ1n) is 10.4. The number of aromatic amines is 1. The molecule has 2 rings (SSSR count). The molecule has 0 unspecified atom stereocenters. The molecule has 0 saturated heterocycles. The van der Waals surface area contributed by atoms with E-state index in [1.54, 1.807) is 52.0 Å². The molecule has 31 heavy (non-hydrogen) atoms. The number of hydrogen-bond acceptors (Lipinski definition) is 5. The van der Waals surface area contributed by atoms with Gasteiger partial charge in [0, 0.05) is 17.8 Å². The zero-order valence-corrected chi connectivity index (χ0v) is 20.1. The predicted molar refractivity (Wildman–Crippen MR) is 120 cm³/mol. The Balaban J connectivity index is 2.49. The second-order valence-corrected chi connectivity index (χ2v) is 10.1. The van der Waals surface area contributed by atoms with Crippen molar-refractivity contribution in [3.05, 3.63) is 52.3 Å². The quantitative estimate of drug-likeness (QED) is 0.461. The molecule has 1 N–H and O–H groups in total. The molecule has 0 bridgehead atoms. The summed E-state index contributed by atoms with van der Waals surface area (Å²) in [6, 6.07) is 5.64. The van der Waals surface area contributed by atoms with Gasteiger partial charge in [-0.1, -0.05) is 31.5 Å². The summed E-state index contributed by atoms with van der Waals surface area (Å²) >= 11 is 0. The fourth-order valence-electron chi connectivity index (χ4n) is 3.54. The van der Waals surface area contributed by atoms with Crippen LogP contribution in [0.2, 0.25) is 0 Å². The van der Waals surface area contributed by atoms with E-state index in [-0.39, 0.29) is 35.4 Å². The second-order valence-electron chi connectivity index (χ2n) is 8.17. The molecule has 0 aliphatic carbocycles. The number of nitrogens with one attached hydrogen (secondary N) is 1. The highest BCUT2D eigenvalue weighted by atomic mass is 32.2. The van der Waals surface area contributed by atoms with E-state index in [1.807, 2.05) is 20.8 Å². The largest absolute Gasteiger partial charge is 0.461 e. The summed E-state index contributed by atoms with van der Waals surface area (Å²) in [4.78, 5) is 28.7. The maximum absolute atomic E-state index is 13.5. The van der Waals surface area contributed by atoms with Gasteiger partial charge >= 0.3 is 5.97 Å². The Kier molecular flexibility index (Phi) is 7.83. The summed E-state index contributed by atoms with van der Waals surface area (Å²) in [5.41, 5.74) is 2.46. The van der Waals surface area contributed by atoms with Crippen molar-refractivity contribution in [1.29, 1.82) is 0 Å². The maximum Gasteiger partial charge on any atom is 0.355 e. The highest BCUT2D eigenvalue weighted by molar-refractivity contribution is 7.89. The van der Waals surface area contributed by atoms with E-state index >= 15 is 0 Å². The van der Waals surface area contributed by atoms with E-state index in [4.69, 9.17) is 4.74 Å². The number of ketones is 1. The van der Waals surface area contributed by atoms with Crippen molar-refractivity contribution in [3.8, 4) is 0 Å². The summed E-state index contributed by atoms with van der Waals surface area (Å²) in [5.74, 6) is -0.891. The number of carbonyl (C=O) groups excluding carboxylic acids is 2. The van der Waals surface area contributed by atoms with Crippen LogP contribution in [-0.4, -0.2) is 48.7 Å². The summed E-state index contributed by atoms with van der Waals surface area (Å²) in [7, 11) is -3.90. The molecular formula is C23H32N2O5S. The molecule has 0 fully saturated rings. The second kappa shape index (κ2) is 9.78. The molecule has 170 valence electrons. The van der Waals surface area contributed by atoms with Crippen LogP contribution in [0, 0.1) is 26.7 Å². The standard InChI is InChI=1S/C23H32N2O5S/c1-8-30-23(27)21-16(5)20(17(6)24-21)22(26)18(7)25(13-14(2)3)31(28,29)19-11-9-15(4)10-12-19/h9-12,14,18,24H,8,13H2,1-7H3/t18-/m1/s1. The molecule has 0 spiro atoms. The molecule has 0 saturated carbocycles. The number of Topliss-reactive ketones (excluding diaryl/α,β-unsaturated/α-hetero) is 1. The van der Waals surface area contributed by atoms with Gasteiger partial charge in [-0.05, 0) is 58.2 Å². The average Bonchev–Trinajstić information content (AvgIpc) is 2.99. The van der Waals surface area contributed by atoms with E-state index in [1.165, 1.54) is 4.31 Å². The molecule has 8 heteroatoms. The van der Waals surface area contributed by atoms with Crippen LogP contribution < -0.4 is 0 Å². The van der Waals surface area contributed by atoms with Gasteiger partial charge in [0.2, 0.25) is 10.0 Å². The first-order valence-corrected chi connectivity index (χ1v) is 11.8. The van der Waals surface area contributed by atoms with Crippen LogP contribution in [0.25, 0.3) is 0 Å². The van der Waals surface area contributed by atoms with Crippen molar-refractivity contribution < 1.29 is 22.7 Å². The Morgan fingerprint density at radius 3 is 2.16 bits per heavy atom. The van der Waals surface area contributed by atoms with Crippen molar-refractivity contribution in [3.63, 3.8) is 0 Å². The Hall–Kier alpha value is -2.45. The van der Waals surface area contributed by atoms with Gasteiger partial charge in [-0.25, -0.2) is 13.2 Å². The first kappa shape index (κ1) is 24.8. The van der Waals surface area contributed by atoms with E-state index < -0.39 is 22.0 Å². The highest BCUT2D eigenvalue weighted by Crippen LogP contribution is 2.26. The normalized spacial score (nSPS) is 12.9. The zero-order chi connectivity index (χ0) is 23.5. The van der Waals surface area contributed by atoms with E-state index in [9.17, 15) is 18.0 Å². The Morgan fingerprint density at radius 2 is 1.65 bits per heavy atom. The van der Waals surface area contributed by atoms with Crippen LogP contribution in [-0.2, 0) is 14.8 Å². The molecular weight excluding hydrogens is 416 g/mol. The molecule has 0 amide bonds. The average molecular weight is 449 g/mol. The van der Waals surface area contributed by atoms with Crippen molar-refractivity contribution in [2.45, 2.75) is 59.4 Å². The van der Waals surface area contributed by atoms with Crippen LogP contribution in [0.1, 0.15) is 65.4 Å². The van der Waals surface area contributed by atoms with E-state index in [2.05, 4.69) is 4.98 Å². The van der Waals surface area contributed by atoms with Crippen LogP contribution in [0.5, 0.6) is 0 Å². The highest BCUT2D eigenvalue weighted by Gasteiger charge is 2.36. The molecule has 1 heterocycles. The molecule has 1 aromatic heterocycles. The number of H-pyrrole nitrogens is 1. The fraction of sp³-hybridized carbons (Fsp3) is 0.478. The van der Waals surface area contributed by atoms with Gasteiger partial charge < -0.3 is 9.72 Å². The molecule has 0 radical (unpaired) electrons. The lowest BCUT2D eigenvalue weighted by Crippen LogP contribution is -2.45. The summed E-state index contributed by atoms with van der Waals surface area (Å²) in [5, 5.41) is 0. The molecule has 0 aliphatic rings. The minimum absolute atomic E-state index is 0.0129. The van der Waals surface area contributed by atoms with Gasteiger partial charge in [0.1, 0.15) is 5.69 Å². The number of aryl methyl sites for hydroxylation is 2. The summed E-state index contributed by atoms with van der Waals surface area (Å²) in [6.45, 7) is 12.7. The van der Waals surface area contributed by atoms with E-state index in [0.717, 1.165) is 5.56 Å². The van der Waals surface area contributed by atoms with Gasteiger partial charge in [0.15, 0.2) is 5.78 Å². The van der Waals surface area contributed by atoms with Gasteiger partial charge in [-0.15, -0.1) is 0 Å². The van der Waals surface area contributed by atoms with Crippen LogP contribution in [0.3, 0.4) is 0 Å². The first-order chi connectivity index (χ1) is 14.4. The summed E-state index contributed by atoms with van der Waals surface area (Å²) in [6.07, 6.45) is 0. The van der Waals surface area contributed by atoms with Crippen molar-refractivity contribution in [2.24, 2.45) is 5.92 Å². The third kappa shape index (κ3) is 5.25. The Bertz CT molecular complexity index is 1050. The van der Waals surface area contributed by atoms with Gasteiger partial charge in [0.25, 0.3) is 0 Å². The number of carbonyl (C=O) groups is 2. The van der Waals surface area contributed by atoms with Crippen molar-refractivity contribution >= 4 is 21.8 Å². The van der Waals surface area contributed by atoms with Gasteiger partial charge in [-0.2, -0.15) is 4.31 Å². The van der Waals surface area contributed by atoms with Gasteiger partial charge in [-0.3, -0.25) is 4.79 Å². The van der Waals surface area contributed by atoms with E-state index in [0.29, 0.717) is 16.8 Å². The SMILES string of the molecule is CCOC(=O)c1[nH]c(C)c(C(=O)[C@@H](C)N(CC(C)C)S(=O)(=O)c2ccc(C)cc2)c1C. The third-order valence-electron chi connectivity index (χ3n) is 5.15. The molecule has 7 nitrogen and oxygen atoms in total. The number of sulfonamides is 1. The van der Waals surface area contributed by atoms with Crippen LogP contribution in [0.15, 0.2) is 29.2 Å². The predicted octanol–water partition coefficient (Wildman–Crippen LogP) is 4.03. The van der Waals surface area contributed by atoms with Crippen molar-refractivity contribution in [2.75, 3.05) is 13.2 Å². The number of hydrogen-bond donors (Lipinski definition) is 1. The topological polar surface area (TPSA) is 96.5 Å². The van der Waals surface area contributed by atoms with Crippen LogP contribution >= 0.6 is 0 Å². The maximum atomic E-state index is 13.5. The Morgan fingerprint density at radius 1 is 1.06 bits per heavy atom. The molecule has 1 aromatic carbocycles. The van der Waals surface area contributed by atoms with Crippen molar-refractivity contribution in [1.82, 2.24) is 9.29 Å². The number of ether oxygens (including phenoxy) is 1. The summed E-state index contributed by atoms with van der Waals surface area (Å²) < 4.78 is 33.1. The number of rotatable bonds is 9. The minimum Gasteiger partial charge on any atom is -0.461 e. The fourth-order valence-corrected chi connectivity index (χ4v) is 5.29. The monoisotopic (exact) mass is 448 g/mol. The molecule has 2 aromatic rings. The number of aromatic nitrogens is 1. The smallest absolute Gasteiger partial charge is 0.355 e. The lowest BCUT2D eigenvalue weighted by atomic mass is 10.0. The number of esters is 1. The number of benzene rings is 1. The lowest BCUT2D eigenvalue weighted by Gasteiger charge is -2.29. The lowest BCUT2D eigenvalue weighted by molar-refractivity contribution is 0.0519. The third-order valence-corrected chi connectivity index (χ3v) is 7.10.